The SMILES string of the molecule is O=C(NCc1cccnc1-n1cncn1)NC1CCN2CCCCC12. The molecule has 2 fully saturated rings. The van der Waals surface area contributed by atoms with Crippen molar-refractivity contribution in [2.75, 3.05) is 13.1 Å². The number of fused-ring (bicyclic) bond motifs is 1. The minimum absolute atomic E-state index is 0.120. The first kappa shape index (κ1) is 16.0. The number of carbonyl (C=O) groups is 1. The van der Waals surface area contributed by atoms with Crippen molar-refractivity contribution >= 4 is 6.03 Å². The maximum absolute atomic E-state index is 12.3. The highest BCUT2D eigenvalue weighted by Crippen LogP contribution is 2.27. The summed E-state index contributed by atoms with van der Waals surface area (Å²) in [6.45, 7) is 2.66. The minimum atomic E-state index is -0.120. The molecule has 8 nitrogen and oxygen atoms in total. The second kappa shape index (κ2) is 7.18. The van der Waals surface area contributed by atoms with Gasteiger partial charge in [-0.2, -0.15) is 5.10 Å². The van der Waals surface area contributed by atoms with E-state index in [2.05, 4.69) is 30.6 Å². The lowest BCUT2D eigenvalue weighted by Crippen LogP contribution is -2.49. The third-order valence-electron chi connectivity index (χ3n) is 5.12. The fraction of sp³-hybridized carbons (Fsp3) is 0.529. The fourth-order valence-corrected chi connectivity index (χ4v) is 3.90. The molecule has 25 heavy (non-hydrogen) atoms. The van der Waals surface area contributed by atoms with Gasteiger partial charge < -0.3 is 10.6 Å². The van der Waals surface area contributed by atoms with Crippen molar-refractivity contribution in [1.82, 2.24) is 35.3 Å². The summed E-state index contributed by atoms with van der Waals surface area (Å²) in [7, 11) is 0. The number of amides is 2. The van der Waals surface area contributed by atoms with E-state index < -0.39 is 0 Å². The maximum atomic E-state index is 12.3. The Morgan fingerprint density at radius 3 is 3.12 bits per heavy atom. The third-order valence-corrected chi connectivity index (χ3v) is 5.12. The quantitative estimate of drug-likeness (QED) is 0.869. The summed E-state index contributed by atoms with van der Waals surface area (Å²) in [5.41, 5.74) is 0.897. The molecule has 0 aliphatic carbocycles. The summed E-state index contributed by atoms with van der Waals surface area (Å²) in [5, 5.41) is 10.2. The minimum Gasteiger partial charge on any atom is -0.334 e. The number of pyridine rings is 1. The van der Waals surface area contributed by atoms with Crippen molar-refractivity contribution in [1.29, 1.82) is 0 Å². The van der Waals surface area contributed by atoms with Crippen LogP contribution in [0.15, 0.2) is 31.0 Å². The van der Waals surface area contributed by atoms with Crippen LogP contribution >= 0.6 is 0 Å². The number of hydrogen-bond acceptors (Lipinski definition) is 5. The van der Waals surface area contributed by atoms with Gasteiger partial charge in [0.05, 0.1) is 0 Å². The molecule has 2 aromatic heterocycles. The predicted octanol–water partition coefficient (Wildman–Crippen LogP) is 1.09. The van der Waals surface area contributed by atoms with Crippen LogP contribution in [0.4, 0.5) is 4.79 Å². The van der Waals surface area contributed by atoms with E-state index in [4.69, 9.17) is 0 Å². The smallest absolute Gasteiger partial charge is 0.315 e. The third kappa shape index (κ3) is 3.48. The van der Waals surface area contributed by atoms with E-state index >= 15 is 0 Å². The van der Waals surface area contributed by atoms with Crippen LogP contribution in [0.2, 0.25) is 0 Å². The van der Waals surface area contributed by atoms with Crippen LogP contribution in [0, 0.1) is 0 Å². The molecule has 0 spiro atoms. The lowest BCUT2D eigenvalue weighted by Gasteiger charge is -2.32. The molecule has 4 heterocycles. The summed E-state index contributed by atoms with van der Waals surface area (Å²) in [6.07, 6.45) is 9.53. The number of aromatic nitrogens is 4. The summed E-state index contributed by atoms with van der Waals surface area (Å²) in [6, 6.07) is 4.42. The Bertz CT molecular complexity index is 718. The van der Waals surface area contributed by atoms with Gasteiger partial charge in [0.1, 0.15) is 12.7 Å². The van der Waals surface area contributed by atoms with Gasteiger partial charge in [0, 0.05) is 36.9 Å². The molecular formula is C17H23N7O. The number of nitrogens with zero attached hydrogens (tertiary/aromatic N) is 5. The van der Waals surface area contributed by atoms with Gasteiger partial charge in [0.25, 0.3) is 0 Å². The fourth-order valence-electron chi connectivity index (χ4n) is 3.90. The highest BCUT2D eigenvalue weighted by atomic mass is 16.2. The molecule has 132 valence electrons. The molecule has 2 amide bonds. The molecule has 4 rings (SSSR count). The standard InChI is InChI=1S/C17H23N7O/c25-17(22-14-6-9-23-8-2-1-5-15(14)23)20-10-13-4-3-7-19-16(13)24-12-18-11-21-24/h3-4,7,11-12,14-15H,1-2,5-6,8-10H2,(H2,20,22,25). The largest absolute Gasteiger partial charge is 0.334 e. The van der Waals surface area contributed by atoms with E-state index in [-0.39, 0.29) is 12.1 Å². The molecule has 2 unspecified atom stereocenters. The molecule has 0 bridgehead atoms. The van der Waals surface area contributed by atoms with E-state index in [0.29, 0.717) is 18.4 Å². The summed E-state index contributed by atoms with van der Waals surface area (Å²) in [5.74, 6) is 0.680. The first-order valence-electron chi connectivity index (χ1n) is 8.88. The van der Waals surface area contributed by atoms with Gasteiger partial charge in [-0.3, -0.25) is 4.90 Å². The Labute approximate surface area is 146 Å². The topological polar surface area (TPSA) is 88.0 Å². The Kier molecular flexibility index (Phi) is 4.60. The van der Waals surface area contributed by atoms with Gasteiger partial charge in [-0.25, -0.2) is 19.4 Å². The van der Waals surface area contributed by atoms with Gasteiger partial charge in [-0.1, -0.05) is 12.5 Å². The number of carbonyl (C=O) groups excluding carboxylic acids is 1. The average molecular weight is 341 g/mol. The Morgan fingerprint density at radius 1 is 1.28 bits per heavy atom. The second-order valence-electron chi connectivity index (χ2n) is 6.65. The molecule has 0 radical (unpaired) electrons. The van der Waals surface area contributed by atoms with Crippen molar-refractivity contribution in [3.63, 3.8) is 0 Å². The van der Waals surface area contributed by atoms with Gasteiger partial charge in [-0.15, -0.1) is 0 Å². The normalized spacial score (nSPS) is 23.2. The molecule has 2 aliphatic rings. The zero-order chi connectivity index (χ0) is 17.1. The summed E-state index contributed by atoms with van der Waals surface area (Å²) in [4.78, 5) is 23.1. The second-order valence-corrected chi connectivity index (χ2v) is 6.65. The average Bonchev–Trinajstić information content (AvgIpc) is 3.31. The first-order chi connectivity index (χ1) is 12.3. The highest BCUT2D eigenvalue weighted by molar-refractivity contribution is 5.74. The van der Waals surface area contributed by atoms with Crippen LogP contribution in [-0.2, 0) is 6.54 Å². The monoisotopic (exact) mass is 341 g/mol. The maximum Gasteiger partial charge on any atom is 0.315 e. The summed E-state index contributed by atoms with van der Waals surface area (Å²) < 4.78 is 1.60. The van der Waals surface area contributed by atoms with E-state index in [1.165, 1.54) is 32.1 Å². The first-order valence-corrected chi connectivity index (χ1v) is 8.88. The number of rotatable bonds is 4. The Hall–Kier alpha value is -2.48. The van der Waals surface area contributed by atoms with Crippen molar-refractivity contribution in [3.8, 4) is 5.82 Å². The molecule has 0 aromatic carbocycles. The molecule has 2 aliphatic heterocycles. The molecule has 2 aromatic rings. The number of nitrogens with one attached hydrogen (secondary N) is 2. The zero-order valence-electron chi connectivity index (χ0n) is 14.1. The van der Waals surface area contributed by atoms with Crippen LogP contribution in [0.5, 0.6) is 0 Å². The van der Waals surface area contributed by atoms with E-state index in [1.54, 1.807) is 17.2 Å². The van der Waals surface area contributed by atoms with Crippen molar-refractivity contribution in [3.05, 3.63) is 36.5 Å². The summed E-state index contributed by atoms with van der Waals surface area (Å²) >= 11 is 0. The van der Waals surface area contributed by atoms with Gasteiger partial charge >= 0.3 is 6.03 Å². The van der Waals surface area contributed by atoms with Crippen LogP contribution < -0.4 is 10.6 Å². The lowest BCUT2D eigenvalue weighted by atomic mass is 9.99. The predicted molar refractivity (Wildman–Crippen MR) is 92.1 cm³/mol. The molecule has 8 heteroatoms. The number of hydrogen-bond donors (Lipinski definition) is 2. The van der Waals surface area contributed by atoms with Crippen molar-refractivity contribution in [2.45, 2.75) is 44.3 Å². The number of urea groups is 1. The molecule has 2 atom stereocenters. The number of piperidine rings is 1. The van der Waals surface area contributed by atoms with Crippen LogP contribution in [0.3, 0.4) is 0 Å². The molecular weight excluding hydrogens is 318 g/mol. The highest BCUT2D eigenvalue weighted by Gasteiger charge is 2.36. The van der Waals surface area contributed by atoms with Crippen LogP contribution in [0.25, 0.3) is 5.82 Å². The van der Waals surface area contributed by atoms with Gasteiger partial charge in [0.2, 0.25) is 0 Å². The van der Waals surface area contributed by atoms with Crippen molar-refractivity contribution < 1.29 is 4.79 Å². The van der Waals surface area contributed by atoms with Crippen LogP contribution in [-0.4, -0.2) is 55.9 Å². The molecule has 2 saturated heterocycles. The lowest BCUT2D eigenvalue weighted by molar-refractivity contribution is 0.179. The zero-order valence-corrected chi connectivity index (χ0v) is 14.1. The van der Waals surface area contributed by atoms with E-state index in [9.17, 15) is 4.79 Å². The van der Waals surface area contributed by atoms with Crippen molar-refractivity contribution in [2.24, 2.45) is 0 Å². The van der Waals surface area contributed by atoms with Gasteiger partial charge in [-0.05, 0) is 31.9 Å². The molecule has 0 saturated carbocycles. The Morgan fingerprint density at radius 2 is 2.24 bits per heavy atom. The Balaban J connectivity index is 1.35. The van der Waals surface area contributed by atoms with E-state index in [0.717, 1.165) is 18.5 Å². The van der Waals surface area contributed by atoms with E-state index in [1.807, 2.05) is 12.1 Å². The van der Waals surface area contributed by atoms with Gasteiger partial charge in [0.15, 0.2) is 5.82 Å². The van der Waals surface area contributed by atoms with Crippen LogP contribution in [0.1, 0.15) is 31.2 Å². The molecule has 2 N–H and O–H groups in total.